The lowest BCUT2D eigenvalue weighted by Crippen LogP contribution is -2.64. The Labute approximate surface area is 228 Å². The van der Waals surface area contributed by atoms with E-state index in [4.69, 9.17) is 9.72 Å². The van der Waals surface area contributed by atoms with Crippen LogP contribution in [0.4, 0.5) is 17.5 Å². The number of nitrogens with zero attached hydrogens (tertiary/aromatic N) is 6. The number of carbonyl (C=O) groups is 1. The number of Topliss-reactive ketones (excluding diaryl/α,β-unsaturated/α-hetero) is 1. The lowest BCUT2D eigenvalue weighted by atomic mass is 10.0. The minimum absolute atomic E-state index is 0.0425. The Morgan fingerprint density at radius 1 is 1.03 bits per heavy atom. The van der Waals surface area contributed by atoms with Gasteiger partial charge in [0.15, 0.2) is 5.78 Å². The van der Waals surface area contributed by atoms with Crippen molar-refractivity contribution in [2.75, 3.05) is 36.5 Å². The van der Waals surface area contributed by atoms with Crippen LogP contribution >= 0.6 is 0 Å². The van der Waals surface area contributed by atoms with Gasteiger partial charge in [0.05, 0.1) is 36.7 Å². The van der Waals surface area contributed by atoms with Crippen LogP contribution in [-0.4, -0.2) is 74.6 Å². The minimum atomic E-state index is -0.250. The lowest BCUT2D eigenvalue weighted by Gasteiger charge is -2.50. The van der Waals surface area contributed by atoms with Crippen LogP contribution in [0.1, 0.15) is 68.4 Å². The number of piperazine rings is 1. The molecular weight excluding hydrogens is 494 g/mol. The van der Waals surface area contributed by atoms with E-state index in [-0.39, 0.29) is 22.9 Å². The van der Waals surface area contributed by atoms with Gasteiger partial charge in [-0.05, 0) is 58.2 Å². The highest BCUT2D eigenvalue weighted by Crippen LogP contribution is 2.32. The van der Waals surface area contributed by atoms with Gasteiger partial charge in [0.1, 0.15) is 11.5 Å². The number of pyridine rings is 2. The zero-order chi connectivity index (χ0) is 27.3. The maximum Gasteiger partial charge on any atom is 0.263 e. The fraction of sp³-hybridized carbons (Fsp3) is 0.552. The summed E-state index contributed by atoms with van der Waals surface area (Å²) in [4.78, 5) is 44.7. The molecule has 0 unspecified atom stereocenters. The summed E-state index contributed by atoms with van der Waals surface area (Å²) in [5.41, 5.74) is 2.28. The van der Waals surface area contributed by atoms with Crippen molar-refractivity contribution in [2.24, 2.45) is 0 Å². The smallest absolute Gasteiger partial charge is 0.263 e. The summed E-state index contributed by atoms with van der Waals surface area (Å²) in [6.07, 6.45) is 7.55. The maximum atomic E-state index is 13.4. The van der Waals surface area contributed by atoms with E-state index in [9.17, 15) is 9.59 Å². The number of ketones is 1. The van der Waals surface area contributed by atoms with Crippen molar-refractivity contribution in [3.05, 3.63) is 46.0 Å². The number of aromatic nitrogens is 4. The molecule has 0 aromatic carbocycles. The molecular formula is C29H37N7O3. The molecule has 0 bridgehead atoms. The summed E-state index contributed by atoms with van der Waals surface area (Å²) in [5.74, 6) is 0.790. The number of carbonyl (C=O) groups excluding carboxylic acids is 1. The van der Waals surface area contributed by atoms with Crippen LogP contribution in [0.25, 0.3) is 11.0 Å². The van der Waals surface area contributed by atoms with Crippen LogP contribution in [0.5, 0.6) is 0 Å². The van der Waals surface area contributed by atoms with Crippen molar-refractivity contribution in [3.8, 4) is 0 Å². The molecule has 10 heteroatoms. The molecule has 2 saturated heterocycles. The molecule has 6 rings (SSSR count). The Balaban J connectivity index is 1.25. The normalized spacial score (nSPS) is 22.8. The molecule has 2 aliphatic heterocycles. The molecule has 2 atom stereocenters. The Kier molecular flexibility index (Phi) is 6.84. The molecule has 39 heavy (non-hydrogen) atoms. The lowest BCUT2D eigenvalue weighted by molar-refractivity contribution is -0.0940. The quantitative estimate of drug-likeness (QED) is 0.475. The SMILES string of the molecule is CC(=O)c1c(C)c2cnc(Nc3ccc(N4C[C@@H](C)N(C5COC5)[C@@H](C)C4)cn3)nc2n(C2CCCC2)c1=O. The molecule has 1 N–H and O–H groups in total. The number of aryl methyl sites for hydroxylation is 1. The van der Waals surface area contributed by atoms with Gasteiger partial charge in [0.25, 0.3) is 5.56 Å². The number of fused-ring (bicyclic) bond motifs is 1. The van der Waals surface area contributed by atoms with Gasteiger partial charge in [-0.1, -0.05) is 12.8 Å². The van der Waals surface area contributed by atoms with E-state index in [0.29, 0.717) is 41.1 Å². The molecule has 10 nitrogen and oxygen atoms in total. The van der Waals surface area contributed by atoms with Crippen molar-refractivity contribution < 1.29 is 9.53 Å². The molecule has 3 fully saturated rings. The molecule has 3 aromatic rings. The third kappa shape index (κ3) is 4.69. The monoisotopic (exact) mass is 531 g/mol. The van der Waals surface area contributed by atoms with Crippen molar-refractivity contribution in [3.63, 3.8) is 0 Å². The van der Waals surface area contributed by atoms with Gasteiger partial charge >= 0.3 is 0 Å². The highest BCUT2D eigenvalue weighted by molar-refractivity contribution is 5.99. The van der Waals surface area contributed by atoms with Crippen LogP contribution in [0, 0.1) is 6.92 Å². The predicted molar refractivity (Wildman–Crippen MR) is 151 cm³/mol. The second kappa shape index (κ2) is 10.3. The molecule has 1 aliphatic carbocycles. The first kappa shape index (κ1) is 25.9. The predicted octanol–water partition coefficient (Wildman–Crippen LogP) is 3.85. The summed E-state index contributed by atoms with van der Waals surface area (Å²) >= 11 is 0. The van der Waals surface area contributed by atoms with Crippen LogP contribution in [-0.2, 0) is 4.74 Å². The third-order valence-corrected chi connectivity index (χ3v) is 8.63. The topological polar surface area (TPSA) is 105 Å². The fourth-order valence-electron chi connectivity index (χ4n) is 6.73. The second-order valence-electron chi connectivity index (χ2n) is 11.4. The average molecular weight is 532 g/mol. The highest BCUT2D eigenvalue weighted by Gasteiger charge is 2.37. The number of ether oxygens (including phenoxy) is 1. The summed E-state index contributed by atoms with van der Waals surface area (Å²) in [6.45, 7) is 11.4. The van der Waals surface area contributed by atoms with Gasteiger partial charge in [-0.2, -0.15) is 4.98 Å². The molecule has 1 saturated carbocycles. The van der Waals surface area contributed by atoms with Gasteiger partial charge in [0, 0.05) is 42.8 Å². The van der Waals surface area contributed by atoms with Crippen molar-refractivity contribution in [1.29, 1.82) is 0 Å². The number of hydrogen-bond donors (Lipinski definition) is 1. The largest absolute Gasteiger partial charge is 0.378 e. The maximum absolute atomic E-state index is 13.4. The molecule has 3 aromatic heterocycles. The van der Waals surface area contributed by atoms with E-state index in [2.05, 4.69) is 45.0 Å². The highest BCUT2D eigenvalue weighted by atomic mass is 16.5. The molecule has 0 radical (unpaired) electrons. The molecule has 3 aliphatic rings. The Hall–Kier alpha value is -3.37. The van der Waals surface area contributed by atoms with Gasteiger partial charge in [-0.15, -0.1) is 0 Å². The second-order valence-corrected chi connectivity index (χ2v) is 11.4. The van der Waals surface area contributed by atoms with Crippen molar-refractivity contribution in [2.45, 2.75) is 77.5 Å². The van der Waals surface area contributed by atoms with E-state index < -0.39 is 0 Å². The van der Waals surface area contributed by atoms with Crippen LogP contribution < -0.4 is 15.8 Å². The van der Waals surface area contributed by atoms with E-state index in [1.807, 2.05) is 12.3 Å². The van der Waals surface area contributed by atoms with Gasteiger partial charge in [0.2, 0.25) is 5.95 Å². The van der Waals surface area contributed by atoms with E-state index in [1.165, 1.54) is 6.92 Å². The van der Waals surface area contributed by atoms with E-state index >= 15 is 0 Å². The number of anilines is 3. The van der Waals surface area contributed by atoms with Gasteiger partial charge < -0.3 is 15.0 Å². The van der Waals surface area contributed by atoms with Crippen LogP contribution in [0.15, 0.2) is 29.3 Å². The number of nitrogens with one attached hydrogen (secondary N) is 1. The average Bonchev–Trinajstić information content (AvgIpc) is 3.39. The molecule has 5 heterocycles. The molecule has 206 valence electrons. The van der Waals surface area contributed by atoms with E-state index in [1.54, 1.807) is 17.7 Å². The Morgan fingerprint density at radius 2 is 1.74 bits per heavy atom. The van der Waals surface area contributed by atoms with Crippen LogP contribution in [0.2, 0.25) is 0 Å². The number of hydrogen-bond acceptors (Lipinski definition) is 9. The van der Waals surface area contributed by atoms with Crippen molar-refractivity contribution >= 4 is 34.3 Å². The molecule has 0 spiro atoms. The standard InChI is InChI=1S/C29H37N7O3/c1-17-13-34(14-18(2)35(17)23-15-39-16-23)22-9-10-25(30-11-22)32-29-31-12-24-19(3)26(20(4)37)28(38)36(27(24)33-29)21-7-5-6-8-21/h9-12,17-18,21,23H,5-8,13-16H2,1-4H3,(H,30,31,32,33)/t17-,18+. The van der Waals surface area contributed by atoms with Gasteiger partial charge in [-0.3, -0.25) is 19.1 Å². The molecule has 0 amide bonds. The minimum Gasteiger partial charge on any atom is -0.378 e. The van der Waals surface area contributed by atoms with E-state index in [0.717, 1.165) is 63.1 Å². The summed E-state index contributed by atoms with van der Waals surface area (Å²) in [5, 5.41) is 3.95. The van der Waals surface area contributed by atoms with Crippen molar-refractivity contribution in [1.82, 2.24) is 24.4 Å². The first-order valence-electron chi connectivity index (χ1n) is 14.1. The Morgan fingerprint density at radius 3 is 2.33 bits per heavy atom. The zero-order valence-electron chi connectivity index (χ0n) is 23.2. The zero-order valence-corrected chi connectivity index (χ0v) is 23.2. The fourth-order valence-corrected chi connectivity index (χ4v) is 6.73. The summed E-state index contributed by atoms with van der Waals surface area (Å²) < 4.78 is 7.16. The third-order valence-electron chi connectivity index (χ3n) is 8.63. The Bertz CT molecular complexity index is 1430. The first-order valence-corrected chi connectivity index (χ1v) is 14.1. The van der Waals surface area contributed by atoms with Gasteiger partial charge in [-0.25, -0.2) is 9.97 Å². The summed E-state index contributed by atoms with van der Waals surface area (Å²) in [7, 11) is 0. The first-order chi connectivity index (χ1) is 18.8. The summed E-state index contributed by atoms with van der Waals surface area (Å²) in [6, 6.07) is 5.48. The van der Waals surface area contributed by atoms with Crippen LogP contribution in [0.3, 0.4) is 0 Å². The number of rotatable bonds is 6.